The quantitative estimate of drug-likeness (QED) is 0.454. The number of nitrogens with zero attached hydrogens (tertiary/aromatic N) is 2. The van der Waals surface area contributed by atoms with E-state index in [2.05, 4.69) is 4.99 Å². The van der Waals surface area contributed by atoms with Crippen molar-refractivity contribution in [1.29, 1.82) is 0 Å². The van der Waals surface area contributed by atoms with Crippen molar-refractivity contribution in [2.45, 2.75) is 6.92 Å². The minimum absolute atomic E-state index is 0.0790. The number of benzene rings is 2. The van der Waals surface area contributed by atoms with Crippen LogP contribution in [0.1, 0.15) is 11.1 Å². The molecule has 0 amide bonds. The Morgan fingerprint density at radius 1 is 1.19 bits per heavy atom. The van der Waals surface area contributed by atoms with Crippen LogP contribution in [0.4, 0.5) is 11.4 Å². The average Bonchev–Trinajstić information content (AvgIpc) is 2.47. The molecular formula is C16H13ClN2O2. The molecule has 0 heterocycles. The minimum atomic E-state index is -0.420. The first-order valence-electron chi connectivity index (χ1n) is 6.27. The van der Waals surface area contributed by atoms with Gasteiger partial charge in [0.1, 0.15) is 0 Å². The van der Waals surface area contributed by atoms with Crippen LogP contribution in [0.3, 0.4) is 0 Å². The lowest BCUT2D eigenvalue weighted by Crippen LogP contribution is -1.86. The van der Waals surface area contributed by atoms with Gasteiger partial charge in [0, 0.05) is 23.4 Å². The van der Waals surface area contributed by atoms with Crippen LogP contribution in [-0.4, -0.2) is 11.1 Å². The van der Waals surface area contributed by atoms with Gasteiger partial charge in [-0.05, 0) is 48.4 Å². The highest BCUT2D eigenvalue weighted by Gasteiger charge is 2.01. The van der Waals surface area contributed by atoms with Crippen molar-refractivity contribution in [3.8, 4) is 0 Å². The molecule has 2 aromatic carbocycles. The summed E-state index contributed by atoms with van der Waals surface area (Å²) in [5, 5.41) is 11.2. The molecule has 0 unspecified atom stereocenters. The second-order valence-corrected chi connectivity index (χ2v) is 4.85. The molecule has 0 bridgehead atoms. The highest BCUT2D eigenvalue weighted by Crippen LogP contribution is 2.22. The third kappa shape index (κ3) is 4.26. The van der Waals surface area contributed by atoms with Crippen LogP contribution in [0.15, 0.2) is 53.5 Å². The van der Waals surface area contributed by atoms with Crippen molar-refractivity contribution < 1.29 is 4.92 Å². The van der Waals surface area contributed by atoms with Crippen LogP contribution >= 0.6 is 11.6 Å². The van der Waals surface area contributed by atoms with Crippen molar-refractivity contribution in [3.63, 3.8) is 0 Å². The van der Waals surface area contributed by atoms with Crippen molar-refractivity contribution in [2.24, 2.45) is 4.99 Å². The van der Waals surface area contributed by atoms with Gasteiger partial charge >= 0.3 is 0 Å². The molecule has 0 saturated carbocycles. The maximum Gasteiger partial charge on any atom is 0.269 e. The Labute approximate surface area is 127 Å². The number of non-ortho nitro benzene ring substituents is 1. The number of nitro groups is 1. The van der Waals surface area contributed by atoms with E-state index >= 15 is 0 Å². The second kappa shape index (κ2) is 6.81. The third-order valence-corrected chi connectivity index (χ3v) is 3.10. The minimum Gasteiger partial charge on any atom is -0.258 e. The lowest BCUT2D eigenvalue weighted by Gasteiger charge is -1.98. The van der Waals surface area contributed by atoms with E-state index < -0.39 is 4.92 Å². The summed E-state index contributed by atoms with van der Waals surface area (Å²) in [7, 11) is 0. The predicted molar refractivity (Wildman–Crippen MR) is 86.5 cm³/mol. The van der Waals surface area contributed by atoms with Crippen molar-refractivity contribution >= 4 is 35.3 Å². The first kappa shape index (κ1) is 14.9. The summed E-state index contributed by atoms with van der Waals surface area (Å²) in [5.74, 6) is 0. The molecule has 0 radical (unpaired) electrons. The molecule has 0 aliphatic carbocycles. The number of hydrogen-bond donors (Lipinski definition) is 0. The number of nitro benzene ring substituents is 1. The molecule has 2 rings (SSSR count). The lowest BCUT2D eigenvalue weighted by molar-refractivity contribution is -0.384. The molecule has 0 aromatic heterocycles. The van der Waals surface area contributed by atoms with E-state index in [-0.39, 0.29) is 5.69 Å². The van der Waals surface area contributed by atoms with Gasteiger partial charge in [-0.2, -0.15) is 0 Å². The monoisotopic (exact) mass is 300 g/mol. The molecule has 4 nitrogen and oxygen atoms in total. The Morgan fingerprint density at radius 3 is 2.57 bits per heavy atom. The van der Waals surface area contributed by atoms with E-state index in [0.29, 0.717) is 5.02 Å². The number of rotatable bonds is 4. The van der Waals surface area contributed by atoms with E-state index in [1.54, 1.807) is 30.5 Å². The Balaban J connectivity index is 2.06. The van der Waals surface area contributed by atoms with Gasteiger partial charge in [0.2, 0.25) is 0 Å². The summed E-state index contributed by atoms with van der Waals surface area (Å²) in [6.07, 6.45) is 5.27. The average molecular weight is 301 g/mol. The van der Waals surface area contributed by atoms with Crippen molar-refractivity contribution in [3.05, 3.63) is 74.8 Å². The largest absolute Gasteiger partial charge is 0.269 e. The van der Waals surface area contributed by atoms with E-state index in [4.69, 9.17) is 11.6 Å². The SMILES string of the molecule is Cc1ccc(Cl)cc1/N=C\C=C\c1ccc([N+](=O)[O-])cc1. The molecule has 5 heteroatoms. The van der Waals surface area contributed by atoms with Gasteiger partial charge in [-0.1, -0.05) is 23.7 Å². The Bertz CT molecular complexity index is 707. The Kier molecular flexibility index (Phi) is 4.85. The molecule has 0 spiro atoms. The molecule has 106 valence electrons. The van der Waals surface area contributed by atoms with E-state index in [0.717, 1.165) is 16.8 Å². The summed E-state index contributed by atoms with van der Waals surface area (Å²) >= 11 is 5.92. The van der Waals surface area contributed by atoms with Crippen LogP contribution in [0, 0.1) is 17.0 Å². The van der Waals surface area contributed by atoms with Gasteiger partial charge in [0.15, 0.2) is 0 Å². The van der Waals surface area contributed by atoms with Crippen molar-refractivity contribution in [2.75, 3.05) is 0 Å². The summed E-state index contributed by atoms with van der Waals surface area (Å²) in [5.41, 5.74) is 2.81. The van der Waals surface area contributed by atoms with Gasteiger partial charge < -0.3 is 0 Å². The van der Waals surface area contributed by atoms with Gasteiger partial charge in [0.05, 0.1) is 10.6 Å². The molecule has 21 heavy (non-hydrogen) atoms. The maximum atomic E-state index is 10.5. The van der Waals surface area contributed by atoms with E-state index in [9.17, 15) is 10.1 Å². The molecule has 0 N–H and O–H groups in total. The standard InChI is InChI=1S/C16H13ClN2O2/c1-12-4-7-14(17)11-16(12)18-10-2-3-13-5-8-15(9-6-13)19(20)21/h2-11H,1H3/b3-2+,18-10-. The summed E-state index contributed by atoms with van der Waals surface area (Å²) < 4.78 is 0. The first-order chi connectivity index (χ1) is 10.1. The van der Waals surface area contributed by atoms with E-state index in [1.807, 2.05) is 25.1 Å². The topological polar surface area (TPSA) is 55.5 Å². The molecule has 0 atom stereocenters. The zero-order chi connectivity index (χ0) is 15.2. The van der Waals surface area contributed by atoms with Gasteiger partial charge in [-0.25, -0.2) is 0 Å². The molecule has 0 aliphatic rings. The molecule has 0 saturated heterocycles. The fourth-order valence-corrected chi connectivity index (χ4v) is 1.87. The number of allylic oxidation sites excluding steroid dienone is 1. The van der Waals surface area contributed by atoms with Gasteiger partial charge in [0.25, 0.3) is 5.69 Å². The van der Waals surface area contributed by atoms with Crippen LogP contribution in [0.5, 0.6) is 0 Å². The normalized spacial score (nSPS) is 11.3. The third-order valence-electron chi connectivity index (χ3n) is 2.86. The van der Waals surface area contributed by atoms with E-state index in [1.165, 1.54) is 12.1 Å². The van der Waals surface area contributed by atoms with Crippen LogP contribution < -0.4 is 0 Å². The fraction of sp³-hybridized carbons (Fsp3) is 0.0625. The van der Waals surface area contributed by atoms with Crippen LogP contribution in [-0.2, 0) is 0 Å². The Morgan fingerprint density at radius 2 is 1.90 bits per heavy atom. The Hall–Kier alpha value is -2.46. The molecule has 0 aliphatic heterocycles. The molecule has 0 fully saturated rings. The van der Waals surface area contributed by atoms with Crippen LogP contribution in [0.2, 0.25) is 5.02 Å². The summed E-state index contributed by atoms with van der Waals surface area (Å²) in [6, 6.07) is 11.8. The maximum absolute atomic E-state index is 10.5. The highest BCUT2D eigenvalue weighted by atomic mass is 35.5. The highest BCUT2D eigenvalue weighted by molar-refractivity contribution is 6.30. The number of aliphatic imine (C=N–C) groups is 1. The van der Waals surface area contributed by atoms with Crippen molar-refractivity contribution in [1.82, 2.24) is 0 Å². The fourth-order valence-electron chi connectivity index (χ4n) is 1.71. The number of aryl methyl sites for hydroxylation is 1. The zero-order valence-electron chi connectivity index (χ0n) is 11.4. The smallest absolute Gasteiger partial charge is 0.258 e. The van der Waals surface area contributed by atoms with Gasteiger partial charge in [-0.3, -0.25) is 15.1 Å². The number of halogens is 1. The lowest BCUT2D eigenvalue weighted by atomic mass is 10.2. The first-order valence-corrected chi connectivity index (χ1v) is 6.65. The number of hydrogen-bond acceptors (Lipinski definition) is 3. The zero-order valence-corrected chi connectivity index (χ0v) is 12.1. The summed E-state index contributed by atoms with van der Waals surface area (Å²) in [4.78, 5) is 14.4. The second-order valence-electron chi connectivity index (χ2n) is 4.42. The molecule has 2 aromatic rings. The van der Waals surface area contributed by atoms with Gasteiger partial charge in [-0.15, -0.1) is 0 Å². The molecular weight excluding hydrogens is 288 g/mol. The predicted octanol–water partition coefficient (Wildman–Crippen LogP) is 4.97. The van der Waals surface area contributed by atoms with Crippen LogP contribution in [0.25, 0.3) is 6.08 Å². The summed E-state index contributed by atoms with van der Waals surface area (Å²) in [6.45, 7) is 1.96.